The first kappa shape index (κ1) is 23.1. The molecule has 0 spiro atoms. The van der Waals surface area contributed by atoms with Crippen LogP contribution >= 0.6 is 0 Å². The van der Waals surface area contributed by atoms with Gasteiger partial charge in [-0.1, -0.05) is 0 Å². The van der Waals surface area contributed by atoms with Gasteiger partial charge in [0.2, 0.25) is 0 Å². The van der Waals surface area contributed by atoms with E-state index in [2.05, 4.69) is 15.6 Å². The zero-order chi connectivity index (χ0) is 24.9. The maximum atomic E-state index is 12.5. The molecule has 4 aliphatic rings. The number of nitrogens with zero attached hydrogens (tertiary/aromatic N) is 3. The second-order valence-electron chi connectivity index (χ2n) is 10.5. The van der Waals surface area contributed by atoms with Gasteiger partial charge in [0.15, 0.2) is 18.2 Å². The molecule has 3 aliphatic heterocycles. The highest BCUT2D eigenvalue weighted by Gasteiger charge is 2.49. The van der Waals surface area contributed by atoms with Crippen molar-refractivity contribution >= 4 is 22.8 Å². The standard InChI is InChI=1S/C27H31N5O4/c1-17-3-5-20-24(29-17)18(13-23(34)32(20)2)7-8-27-11-9-26(10-12-27,16-36-27)28-14-19-4-6-21-25(30-19)31-22(33)15-35-21/h3-6,13,28H,7-12,14-16H2,1-2H3,(H,30,31,33). The molecule has 0 aromatic carbocycles. The summed E-state index contributed by atoms with van der Waals surface area (Å²) in [6, 6.07) is 9.46. The summed E-state index contributed by atoms with van der Waals surface area (Å²) in [5, 5.41) is 6.47. The van der Waals surface area contributed by atoms with Crippen LogP contribution in [0.15, 0.2) is 35.1 Å². The highest BCUT2D eigenvalue weighted by Crippen LogP contribution is 2.46. The molecule has 6 heterocycles. The van der Waals surface area contributed by atoms with Crippen LogP contribution in [0.3, 0.4) is 0 Å². The van der Waals surface area contributed by atoms with Crippen molar-refractivity contribution in [3.63, 3.8) is 0 Å². The summed E-state index contributed by atoms with van der Waals surface area (Å²) < 4.78 is 13.6. The Kier molecular flexibility index (Phi) is 5.57. The number of hydrogen-bond acceptors (Lipinski definition) is 7. The van der Waals surface area contributed by atoms with E-state index in [-0.39, 0.29) is 29.2 Å². The molecule has 3 fully saturated rings. The minimum Gasteiger partial charge on any atom is -0.480 e. The largest absolute Gasteiger partial charge is 0.480 e. The molecule has 3 aromatic heterocycles. The first-order chi connectivity index (χ1) is 17.3. The Morgan fingerprint density at radius 2 is 1.94 bits per heavy atom. The molecule has 3 aromatic rings. The lowest BCUT2D eigenvalue weighted by Crippen LogP contribution is -2.61. The molecule has 7 rings (SSSR count). The molecular weight excluding hydrogens is 458 g/mol. The van der Waals surface area contributed by atoms with Crippen LogP contribution in [0.4, 0.5) is 5.82 Å². The SMILES string of the molecule is Cc1ccc2c(n1)c(CCC13CCC(NCc4ccc5c(n4)NC(=O)CO5)(CC1)CO3)cc(=O)n2C. The van der Waals surface area contributed by atoms with Gasteiger partial charge in [-0.05, 0) is 75.3 Å². The van der Waals surface area contributed by atoms with E-state index in [1.807, 2.05) is 31.2 Å². The Labute approximate surface area is 209 Å². The normalized spacial score (nSPS) is 24.9. The van der Waals surface area contributed by atoms with Crippen molar-refractivity contribution in [3.8, 4) is 5.75 Å². The number of carbonyl (C=O) groups excluding carboxylic acids is 1. The molecule has 1 amide bonds. The Hall–Kier alpha value is -3.30. The summed E-state index contributed by atoms with van der Waals surface area (Å²) in [7, 11) is 1.80. The fourth-order valence-electron chi connectivity index (χ4n) is 5.74. The smallest absolute Gasteiger partial charge is 0.263 e. The Balaban J connectivity index is 1.11. The van der Waals surface area contributed by atoms with Crippen LogP contribution in [0.25, 0.3) is 11.0 Å². The topological polar surface area (TPSA) is 107 Å². The number of rotatable bonds is 6. The van der Waals surface area contributed by atoms with Gasteiger partial charge in [-0.3, -0.25) is 14.6 Å². The van der Waals surface area contributed by atoms with E-state index in [1.54, 1.807) is 17.7 Å². The van der Waals surface area contributed by atoms with Crippen LogP contribution in [0.5, 0.6) is 5.75 Å². The predicted octanol–water partition coefficient (Wildman–Crippen LogP) is 2.77. The van der Waals surface area contributed by atoms with Gasteiger partial charge >= 0.3 is 0 Å². The second-order valence-corrected chi connectivity index (χ2v) is 10.5. The van der Waals surface area contributed by atoms with Gasteiger partial charge in [0.1, 0.15) is 0 Å². The number of anilines is 1. The zero-order valence-corrected chi connectivity index (χ0v) is 20.7. The number of hydrogen-bond donors (Lipinski definition) is 2. The third kappa shape index (κ3) is 4.16. The maximum Gasteiger partial charge on any atom is 0.263 e. The Morgan fingerprint density at radius 1 is 1.11 bits per heavy atom. The van der Waals surface area contributed by atoms with E-state index < -0.39 is 0 Å². The average Bonchev–Trinajstić information content (AvgIpc) is 2.89. The number of nitrogens with one attached hydrogen (secondary N) is 2. The van der Waals surface area contributed by atoms with Crippen molar-refractivity contribution in [1.82, 2.24) is 19.9 Å². The van der Waals surface area contributed by atoms with E-state index in [4.69, 9.17) is 14.5 Å². The summed E-state index contributed by atoms with van der Waals surface area (Å²) in [6.07, 6.45) is 5.69. The van der Waals surface area contributed by atoms with Gasteiger partial charge in [-0.25, -0.2) is 4.98 Å². The molecule has 2 N–H and O–H groups in total. The summed E-state index contributed by atoms with van der Waals surface area (Å²) in [6.45, 7) is 3.27. The second kappa shape index (κ2) is 8.67. The van der Waals surface area contributed by atoms with Crippen molar-refractivity contribution in [2.24, 2.45) is 7.05 Å². The van der Waals surface area contributed by atoms with Crippen molar-refractivity contribution in [3.05, 3.63) is 57.6 Å². The first-order valence-electron chi connectivity index (χ1n) is 12.6. The highest BCUT2D eigenvalue weighted by molar-refractivity contribution is 5.94. The van der Waals surface area contributed by atoms with Gasteiger partial charge in [-0.2, -0.15) is 0 Å². The minimum absolute atomic E-state index is 0.000933. The third-order valence-corrected chi connectivity index (χ3v) is 8.11. The monoisotopic (exact) mass is 489 g/mol. The van der Waals surface area contributed by atoms with Crippen LogP contribution in [-0.2, 0) is 29.5 Å². The predicted molar refractivity (Wildman–Crippen MR) is 135 cm³/mol. The molecule has 9 heteroatoms. The lowest BCUT2D eigenvalue weighted by Gasteiger charge is -2.53. The molecular formula is C27H31N5O4. The first-order valence-corrected chi connectivity index (χ1v) is 12.6. The van der Waals surface area contributed by atoms with Crippen molar-refractivity contribution < 1.29 is 14.3 Å². The lowest BCUT2D eigenvalue weighted by molar-refractivity contribution is -0.165. The summed E-state index contributed by atoms with van der Waals surface area (Å²) in [5.74, 6) is 0.908. The molecule has 1 aliphatic carbocycles. The van der Waals surface area contributed by atoms with E-state index in [0.29, 0.717) is 24.7 Å². The maximum absolute atomic E-state index is 12.5. The molecule has 2 saturated heterocycles. The van der Waals surface area contributed by atoms with Crippen LogP contribution in [0.2, 0.25) is 0 Å². The van der Waals surface area contributed by atoms with Crippen LogP contribution in [0.1, 0.15) is 49.1 Å². The van der Waals surface area contributed by atoms with Crippen molar-refractivity contribution in [1.29, 1.82) is 0 Å². The van der Waals surface area contributed by atoms with Gasteiger partial charge in [0.05, 0.1) is 28.9 Å². The molecule has 1 saturated carbocycles. The Bertz CT molecular complexity index is 1390. The van der Waals surface area contributed by atoms with Gasteiger partial charge in [0, 0.05) is 30.9 Å². The number of fused-ring (bicyclic) bond motifs is 5. The van der Waals surface area contributed by atoms with E-state index in [9.17, 15) is 9.59 Å². The average molecular weight is 490 g/mol. The number of aryl methyl sites for hydroxylation is 3. The molecule has 0 radical (unpaired) electrons. The lowest BCUT2D eigenvalue weighted by atomic mass is 9.69. The molecule has 9 nitrogen and oxygen atoms in total. The summed E-state index contributed by atoms with van der Waals surface area (Å²) >= 11 is 0. The Morgan fingerprint density at radius 3 is 2.72 bits per heavy atom. The fraction of sp³-hybridized carbons (Fsp3) is 0.481. The molecule has 36 heavy (non-hydrogen) atoms. The zero-order valence-electron chi connectivity index (χ0n) is 20.7. The van der Waals surface area contributed by atoms with Gasteiger partial charge in [-0.15, -0.1) is 0 Å². The quantitative estimate of drug-likeness (QED) is 0.548. The molecule has 2 bridgehead atoms. The van der Waals surface area contributed by atoms with Crippen LogP contribution in [0, 0.1) is 6.92 Å². The van der Waals surface area contributed by atoms with Gasteiger partial charge < -0.3 is 24.7 Å². The summed E-state index contributed by atoms with van der Waals surface area (Å²) in [4.78, 5) is 33.4. The number of aromatic nitrogens is 3. The molecule has 188 valence electrons. The number of pyridine rings is 3. The summed E-state index contributed by atoms with van der Waals surface area (Å²) in [5.41, 5.74) is 4.39. The van der Waals surface area contributed by atoms with E-state index in [1.165, 1.54) is 0 Å². The van der Waals surface area contributed by atoms with Crippen LogP contribution in [-0.4, -0.2) is 44.8 Å². The third-order valence-electron chi connectivity index (χ3n) is 8.11. The van der Waals surface area contributed by atoms with Gasteiger partial charge in [0.25, 0.3) is 11.5 Å². The number of ether oxygens (including phenoxy) is 2. The van der Waals surface area contributed by atoms with Crippen molar-refractivity contribution in [2.75, 3.05) is 18.5 Å². The number of carbonyl (C=O) groups is 1. The molecule has 0 atom stereocenters. The van der Waals surface area contributed by atoms with Crippen molar-refractivity contribution in [2.45, 2.75) is 63.1 Å². The fourth-order valence-corrected chi connectivity index (χ4v) is 5.74. The molecule has 0 unspecified atom stereocenters. The van der Waals surface area contributed by atoms with E-state index in [0.717, 1.165) is 66.5 Å². The minimum atomic E-state index is -0.183. The van der Waals surface area contributed by atoms with Crippen LogP contribution < -0.4 is 20.9 Å². The number of amides is 1. The van der Waals surface area contributed by atoms with E-state index >= 15 is 0 Å². The highest BCUT2D eigenvalue weighted by atomic mass is 16.5.